The highest BCUT2D eigenvalue weighted by atomic mass is 35.5. The first-order chi connectivity index (χ1) is 12.8. The number of benzene rings is 3. The maximum Gasteiger partial charge on any atom is 0.206 e. The molecule has 0 aliphatic rings. The fourth-order valence-corrected chi connectivity index (χ4v) is 4.65. The van der Waals surface area contributed by atoms with Crippen LogP contribution in [0.5, 0.6) is 5.75 Å². The van der Waals surface area contributed by atoms with Gasteiger partial charge in [0.1, 0.15) is 0 Å². The van der Waals surface area contributed by atoms with Crippen LogP contribution in [0.25, 0.3) is 0 Å². The highest BCUT2D eigenvalue weighted by Crippen LogP contribution is 2.35. The Morgan fingerprint density at radius 1 is 0.889 bits per heavy atom. The van der Waals surface area contributed by atoms with Gasteiger partial charge in [0.15, 0.2) is 5.75 Å². The Kier molecular flexibility index (Phi) is 5.86. The minimum Gasteiger partial charge on any atom is -0.504 e. The number of phenolic OH excluding ortho intramolecular Hbond substituents is 1. The average Bonchev–Trinajstić information content (AvgIpc) is 2.64. The molecule has 3 aromatic rings. The fourth-order valence-electron chi connectivity index (χ4n) is 2.54. The summed E-state index contributed by atoms with van der Waals surface area (Å²) in [6, 6.07) is 15.5. The zero-order valence-corrected chi connectivity index (χ0v) is 16.9. The van der Waals surface area contributed by atoms with E-state index in [1.54, 1.807) is 18.2 Å². The van der Waals surface area contributed by atoms with Crippen molar-refractivity contribution >= 4 is 50.3 Å². The number of hydrogen-bond acceptors (Lipinski definition) is 4. The molecule has 0 fully saturated rings. The lowest BCUT2D eigenvalue weighted by Crippen LogP contribution is -2.09. The van der Waals surface area contributed by atoms with Gasteiger partial charge in [0.05, 0.1) is 20.5 Å². The van der Waals surface area contributed by atoms with Gasteiger partial charge in [-0.3, -0.25) is 0 Å². The quantitative estimate of drug-likeness (QED) is 0.490. The number of aromatic hydroxyl groups is 1. The first-order valence-electron chi connectivity index (χ1n) is 7.79. The summed E-state index contributed by atoms with van der Waals surface area (Å²) in [6.45, 7) is 0.146. The molecule has 27 heavy (non-hydrogen) atoms. The summed E-state index contributed by atoms with van der Waals surface area (Å²) in [5.41, 5.74) is 0.842. The molecule has 0 aliphatic heterocycles. The second kappa shape index (κ2) is 7.98. The molecule has 4 nitrogen and oxygen atoms in total. The van der Waals surface area contributed by atoms with Crippen molar-refractivity contribution in [3.05, 3.63) is 81.3 Å². The number of sulfone groups is 1. The maximum absolute atomic E-state index is 13.0. The third kappa shape index (κ3) is 4.33. The molecule has 0 bridgehead atoms. The topological polar surface area (TPSA) is 66.4 Å². The summed E-state index contributed by atoms with van der Waals surface area (Å²) in [5.74, 6) is -0.154. The Bertz CT molecular complexity index is 1080. The summed E-state index contributed by atoms with van der Waals surface area (Å²) >= 11 is 17.7. The number of anilines is 1. The fraction of sp³-hybridized carbons (Fsp3) is 0.0526. The molecule has 0 atom stereocenters. The summed E-state index contributed by atoms with van der Waals surface area (Å²) in [5, 5.41) is 13.9. The van der Waals surface area contributed by atoms with Crippen molar-refractivity contribution in [1.29, 1.82) is 0 Å². The first-order valence-corrected chi connectivity index (χ1v) is 10.4. The van der Waals surface area contributed by atoms with Crippen LogP contribution in [-0.4, -0.2) is 13.5 Å². The van der Waals surface area contributed by atoms with E-state index in [-0.39, 0.29) is 27.1 Å². The predicted octanol–water partition coefficient (Wildman–Crippen LogP) is 5.80. The minimum absolute atomic E-state index is 0.104. The van der Waals surface area contributed by atoms with Gasteiger partial charge in [-0.15, -0.1) is 0 Å². The van der Waals surface area contributed by atoms with Gasteiger partial charge in [0.2, 0.25) is 9.84 Å². The van der Waals surface area contributed by atoms with Gasteiger partial charge in [-0.05, 0) is 48.0 Å². The van der Waals surface area contributed by atoms with Crippen LogP contribution in [0.3, 0.4) is 0 Å². The van der Waals surface area contributed by atoms with Crippen LogP contribution in [0.1, 0.15) is 5.56 Å². The van der Waals surface area contributed by atoms with E-state index in [9.17, 15) is 13.5 Å². The van der Waals surface area contributed by atoms with E-state index in [2.05, 4.69) is 5.32 Å². The molecule has 8 heteroatoms. The third-order valence-electron chi connectivity index (χ3n) is 3.88. The van der Waals surface area contributed by atoms with Crippen molar-refractivity contribution in [2.24, 2.45) is 0 Å². The molecule has 0 amide bonds. The van der Waals surface area contributed by atoms with E-state index in [1.165, 1.54) is 42.5 Å². The van der Waals surface area contributed by atoms with Crippen molar-refractivity contribution < 1.29 is 13.5 Å². The number of rotatable bonds is 5. The van der Waals surface area contributed by atoms with Crippen LogP contribution >= 0.6 is 34.8 Å². The zero-order chi connectivity index (χ0) is 19.6. The summed E-state index contributed by atoms with van der Waals surface area (Å²) < 4.78 is 26.0. The molecular weight excluding hydrogens is 429 g/mol. The molecule has 0 saturated heterocycles. The van der Waals surface area contributed by atoms with E-state index >= 15 is 0 Å². The molecule has 3 aromatic carbocycles. The Balaban J connectivity index is 1.94. The van der Waals surface area contributed by atoms with E-state index in [0.29, 0.717) is 21.3 Å². The van der Waals surface area contributed by atoms with Crippen molar-refractivity contribution in [2.45, 2.75) is 16.3 Å². The van der Waals surface area contributed by atoms with Gasteiger partial charge in [0, 0.05) is 16.6 Å². The lowest BCUT2D eigenvalue weighted by atomic mass is 10.2. The van der Waals surface area contributed by atoms with Gasteiger partial charge < -0.3 is 10.4 Å². The Morgan fingerprint density at radius 2 is 1.56 bits per heavy atom. The number of hydrogen-bond donors (Lipinski definition) is 2. The molecule has 2 N–H and O–H groups in total. The van der Waals surface area contributed by atoms with Crippen LogP contribution in [-0.2, 0) is 16.4 Å². The van der Waals surface area contributed by atoms with Gasteiger partial charge in [-0.1, -0.05) is 53.0 Å². The number of nitrogens with one attached hydrogen (secondary N) is 1. The molecule has 140 valence electrons. The van der Waals surface area contributed by atoms with Gasteiger partial charge in [-0.2, -0.15) is 0 Å². The minimum atomic E-state index is -3.73. The van der Waals surface area contributed by atoms with Crippen molar-refractivity contribution in [3.8, 4) is 5.75 Å². The van der Waals surface area contributed by atoms with Crippen LogP contribution in [0.15, 0.2) is 70.5 Å². The maximum atomic E-state index is 13.0. The smallest absolute Gasteiger partial charge is 0.206 e. The van der Waals surface area contributed by atoms with Crippen molar-refractivity contribution in [3.63, 3.8) is 0 Å². The van der Waals surface area contributed by atoms with Gasteiger partial charge >= 0.3 is 0 Å². The summed E-state index contributed by atoms with van der Waals surface area (Å²) in [7, 11) is -3.73. The van der Waals surface area contributed by atoms with Crippen LogP contribution in [0, 0.1) is 0 Å². The van der Waals surface area contributed by atoms with E-state index in [1.807, 2.05) is 0 Å². The largest absolute Gasteiger partial charge is 0.504 e. The molecule has 0 radical (unpaired) electrons. The van der Waals surface area contributed by atoms with Crippen molar-refractivity contribution in [2.75, 3.05) is 5.32 Å². The number of phenols is 1. The molecule has 3 rings (SSSR count). The van der Waals surface area contributed by atoms with Crippen LogP contribution in [0.2, 0.25) is 15.1 Å². The molecular formula is C19H14Cl3NO3S. The molecule has 0 spiro atoms. The van der Waals surface area contributed by atoms with E-state index < -0.39 is 9.84 Å². The lowest BCUT2D eigenvalue weighted by Gasteiger charge is -2.14. The van der Waals surface area contributed by atoms with Crippen LogP contribution in [0.4, 0.5) is 5.69 Å². The second-order valence-electron chi connectivity index (χ2n) is 5.70. The van der Waals surface area contributed by atoms with Gasteiger partial charge in [0.25, 0.3) is 0 Å². The predicted molar refractivity (Wildman–Crippen MR) is 109 cm³/mol. The number of halogens is 3. The lowest BCUT2D eigenvalue weighted by molar-refractivity contribution is 0.477. The highest BCUT2D eigenvalue weighted by Gasteiger charge is 2.21. The molecule has 0 unspecified atom stereocenters. The summed E-state index contributed by atoms with van der Waals surface area (Å²) in [6.07, 6.45) is 0. The normalized spacial score (nSPS) is 11.4. The average molecular weight is 443 g/mol. The molecule has 0 heterocycles. The monoisotopic (exact) mass is 441 g/mol. The third-order valence-corrected chi connectivity index (χ3v) is 6.51. The molecule has 0 aromatic heterocycles. The SMILES string of the molecule is O=S(=O)(c1ccc(Cl)cc1)c1ccccc1CNc1cc(Cl)cc(Cl)c1O. The Hall–Kier alpha value is -1.92. The first kappa shape index (κ1) is 19.8. The van der Waals surface area contributed by atoms with Crippen LogP contribution < -0.4 is 5.32 Å². The van der Waals surface area contributed by atoms with Gasteiger partial charge in [-0.25, -0.2) is 8.42 Å². The summed E-state index contributed by atoms with van der Waals surface area (Å²) in [4.78, 5) is 0.306. The Labute approximate surface area is 172 Å². The molecule has 0 aliphatic carbocycles. The standard InChI is InChI=1S/C19H14Cl3NO3S/c20-13-5-7-15(8-6-13)27(25,26)18-4-2-1-3-12(18)11-23-17-10-14(21)9-16(22)19(17)24/h1-10,23-24H,11H2. The second-order valence-corrected chi connectivity index (χ2v) is 8.90. The Morgan fingerprint density at radius 3 is 2.26 bits per heavy atom. The highest BCUT2D eigenvalue weighted by molar-refractivity contribution is 7.91. The van der Waals surface area contributed by atoms with E-state index in [0.717, 1.165) is 0 Å². The molecule has 0 saturated carbocycles. The van der Waals surface area contributed by atoms with Crippen molar-refractivity contribution in [1.82, 2.24) is 0 Å². The zero-order valence-electron chi connectivity index (χ0n) is 13.8. The van der Waals surface area contributed by atoms with E-state index in [4.69, 9.17) is 34.8 Å².